The summed E-state index contributed by atoms with van der Waals surface area (Å²) in [5, 5.41) is 2.96. The number of carbonyl (C=O) groups is 2. The molecular formula is C16H20N2O2S. The SMILES string of the molecule is C=CCN1CC(C(=O)Nc2ccccc2SCC)CC1=O. The highest BCUT2D eigenvalue weighted by molar-refractivity contribution is 7.99. The van der Waals surface area contributed by atoms with Gasteiger partial charge in [-0.1, -0.05) is 25.1 Å². The number of hydrogen-bond acceptors (Lipinski definition) is 3. The van der Waals surface area contributed by atoms with Crippen molar-refractivity contribution in [1.29, 1.82) is 0 Å². The number of benzene rings is 1. The first-order valence-corrected chi connectivity index (χ1v) is 8.05. The van der Waals surface area contributed by atoms with Gasteiger partial charge in [0, 0.05) is 24.4 Å². The maximum Gasteiger partial charge on any atom is 0.229 e. The van der Waals surface area contributed by atoms with Crippen LogP contribution in [0.1, 0.15) is 13.3 Å². The average molecular weight is 304 g/mol. The minimum Gasteiger partial charge on any atom is -0.338 e. The predicted molar refractivity (Wildman–Crippen MR) is 86.4 cm³/mol. The van der Waals surface area contributed by atoms with Gasteiger partial charge in [-0.15, -0.1) is 18.3 Å². The Hall–Kier alpha value is -1.75. The van der Waals surface area contributed by atoms with E-state index >= 15 is 0 Å². The van der Waals surface area contributed by atoms with E-state index < -0.39 is 0 Å². The van der Waals surface area contributed by atoms with Gasteiger partial charge < -0.3 is 10.2 Å². The summed E-state index contributed by atoms with van der Waals surface area (Å²) in [7, 11) is 0. The van der Waals surface area contributed by atoms with Crippen LogP contribution in [0, 0.1) is 5.92 Å². The fourth-order valence-electron chi connectivity index (χ4n) is 2.37. The van der Waals surface area contributed by atoms with Gasteiger partial charge in [-0.3, -0.25) is 9.59 Å². The fraction of sp³-hybridized carbons (Fsp3) is 0.375. The summed E-state index contributed by atoms with van der Waals surface area (Å²) < 4.78 is 0. The molecule has 1 aliphatic rings. The Balaban J connectivity index is 2.02. The molecule has 0 radical (unpaired) electrons. The summed E-state index contributed by atoms with van der Waals surface area (Å²) in [5.41, 5.74) is 0.823. The van der Waals surface area contributed by atoms with Crippen molar-refractivity contribution in [2.45, 2.75) is 18.2 Å². The van der Waals surface area contributed by atoms with Gasteiger partial charge in [0.1, 0.15) is 0 Å². The first-order valence-electron chi connectivity index (χ1n) is 7.07. The zero-order valence-electron chi connectivity index (χ0n) is 12.2. The third-order valence-corrected chi connectivity index (χ3v) is 4.34. The number of hydrogen-bond donors (Lipinski definition) is 1. The van der Waals surface area contributed by atoms with Gasteiger partial charge in [0.15, 0.2) is 0 Å². The molecule has 0 spiro atoms. The molecule has 5 heteroatoms. The average Bonchev–Trinajstić information content (AvgIpc) is 2.83. The first-order chi connectivity index (χ1) is 10.2. The van der Waals surface area contributed by atoms with E-state index in [0.717, 1.165) is 16.3 Å². The Morgan fingerprint density at radius 2 is 2.29 bits per heavy atom. The molecule has 2 rings (SSSR count). The van der Waals surface area contributed by atoms with Crippen LogP contribution >= 0.6 is 11.8 Å². The highest BCUT2D eigenvalue weighted by atomic mass is 32.2. The van der Waals surface area contributed by atoms with Crippen molar-refractivity contribution in [2.24, 2.45) is 5.92 Å². The van der Waals surface area contributed by atoms with E-state index in [1.807, 2.05) is 24.3 Å². The highest BCUT2D eigenvalue weighted by Crippen LogP contribution is 2.28. The number of anilines is 1. The molecule has 112 valence electrons. The molecule has 1 unspecified atom stereocenters. The van der Waals surface area contributed by atoms with Gasteiger partial charge in [0.25, 0.3) is 0 Å². The molecule has 1 saturated heterocycles. The number of thioether (sulfide) groups is 1. The lowest BCUT2D eigenvalue weighted by Gasteiger charge is -2.15. The van der Waals surface area contributed by atoms with E-state index in [9.17, 15) is 9.59 Å². The molecule has 1 N–H and O–H groups in total. The second-order valence-corrected chi connectivity index (χ2v) is 6.21. The molecule has 0 bridgehead atoms. The molecule has 0 aliphatic carbocycles. The van der Waals surface area contributed by atoms with Crippen LogP contribution in [0.25, 0.3) is 0 Å². The zero-order chi connectivity index (χ0) is 15.2. The standard InChI is InChI=1S/C16H20N2O2S/c1-3-9-18-11-12(10-15(18)19)16(20)17-13-7-5-6-8-14(13)21-4-2/h3,5-8,12H,1,4,9-11H2,2H3,(H,17,20). The third-order valence-electron chi connectivity index (χ3n) is 3.38. The van der Waals surface area contributed by atoms with Crippen LogP contribution in [0.5, 0.6) is 0 Å². The van der Waals surface area contributed by atoms with Crippen LogP contribution in [-0.4, -0.2) is 35.6 Å². The molecule has 4 nitrogen and oxygen atoms in total. The van der Waals surface area contributed by atoms with Crippen molar-refractivity contribution in [3.8, 4) is 0 Å². The highest BCUT2D eigenvalue weighted by Gasteiger charge is 2.33. The van der Waals surface area contributed by atoms with Crippen LogP contribution < -0.4 is 5.32 Å². The summed E-state index contributed by atoms with van der Waals surface area (Å²) in [6.07, 6.45) is 1.97. The Morgan fingerprint density at radius 1 is 1.52 bits per heavy atom. The molecule has 1 aromatic carbocycles. The van der Waals surface area contributed by atoms with E-state index in [4.69, 9.17) is 0 Å². The first kappa shape index (κ1) is 15.6. The van der Waals surface area contributed by atoms with Crippen molar-refractivity contribution in [2.75, 3.05) is 24.2 Å². The Morgan fingerprint density at radius 3 is 3.00 bits per heavy atom. The van der Waals surface area contributed by atoms with Crippen molar-refractivity contribution in [3.05, 3.63) is 36.9 Å². The van der Waals surface area contributed by atoms with Crippen LogP contribution in [0.3, 0.4) is 0 Å². The Labute approximate surface area is 129 Å². The molecule has 0 aromatic heterocycles. The second kappa shape index (κ2) is 7.31. The number of nitrogens with one attached hydrogen (secondary N) is 1. The lowest BCUT2D eigenvalue weighted by Crippen LogP contribution is -2.28. The molecule has 21 heavy (non-hydrogen) atoms. The van der Waals surface area contributed by atoms with Crippen LogP contribution in [0.15, 0.2) is 41.8 Å². The van der Waals surface area contributed by atoms with Crippen LogP contribution in [0.2, 0.25) is 0 Å². The van der Waals surface area contributed by atoms with Crippen molar-refractivity contribution in [1.82, 2.24) is 4.90 Å². The van der Waals surface area contributed by atoms with E-state index in [2.05, 4.69) is 18.8 Å². The summed E-state index contributed by atoms with van der Waals surface area (Å²) in [5.74, 6) is 0.601. The zero-order valence-corrected chi connectivity index (χ0v) is 13.0. The largest absolute Gasteiger partial charge is 0.338 e. The lowest BCUT2D eigenvalue weighted by molar-refractivity contribution is -0.127. The molecule has 1 heterocycles. The Bertz CT molecular complexity index is 545. The number of amides is 2. The minimum atomic E-state index is -0.280. The maximum atomic E-state index is 12.3. The predicted octanol–water partition coefficient (Wildman–Crippen LogP) is 2.77. The Kier molecular flexibility index (Phi) is 5.44. The monoisotopic (exact) mass is 304 g/mol. The van der Waals surface area contributed by atoms with Crippen molar-refractivity contribution in [3.63, 3.8) is 0 Å². The molecule has 1 aromatic rings. The maximum absolute atomic E-state index is 12.3. The quantitative estimate of drug-likeness (QED) is 0.649. The van der Waals surface area contributed by atoms with Gasteiger partial charge in [0.05, 0.1) is 11.6 Å². The molecule has 2 amide bonds. The van der Waals surface area contributed by atoms with E-state index in [1.54, 1.807) is 22.7 Å². The van der Waals surface area contributed by atoms with E-state index in [0.29, 0.717) is 13.1 Å². The summed E-state index contributed by atoms with van der Waals surface area (Å²) in [6.45, 7) is 6.68. The van der Waals surface area contributed by atoms with Gasteiger partial charge in [-0.2, -0.15) is 0 Å². The number of likely N-dealkylation sites (tertiary alicyclic amines) is 1. The second-order valence-electron chi connectivity index (χ2n) is 4.91. The number of rotatable bonds is 6. The van der Waals surface area contributed by atoms with E-state index in [-0.39, 0.29) is 24.2 Å². The summed E-state index contributed by atoms with van der Waals surface area (Å²) in [6, 6.07) is 7.75. The molecule has 0 saturated carbocycles. The van der Waals surface area contributed by atoms with Crippen molar-refractivity contribution >= 4 is 29.3 Å². The van der Waals surface area contributed by atoms with Gasteiger partial charge in [-0.25, -0.2) is 0 Å². The van der Waals surface area contributed by atoms with Gasteiger partial charge in [-0.05, 0) is 17.9 Å². The topological polar surface area (TPSA) is 49.4 Å². The summed E-state index contributed by atoms with van der Waals surface area (Å²) >= 11 is 1.69. The van der Waals surface area contributed by atoms with Gasteiger partial charge in [0.2, 0.25) is 11.8 Å². The van der Waals surface area contributed by atoms with Gasteiger partial charge >= 0.3 is 0 Å². The normalized spacial score (nSPS) is 17.9. The number of carbonyl (C=O) groups excluding carboxylic acids is 2. The fourth-order valence-corrected chi connectivity index (χ4v) is 3.13. The third kappa shape index (κ3) is 3.88. The molecule has 1 fully saturated rings. The smallest absolute Gasteiger partial charge is 0.229 e. The summed E-state index contributed by atoms with van der Waals surface area (Å²) in [4.78, 5) is 26.9. The van der Waals surface area contributed by atoms with E-state index in [1.165, 1.54) is 0 Å². The van der Waals surface area contributed by atoms with Crippen molar-refractivity contribution < 1.29 is 9.59 Å². The van der Waals surface area contributed by atoms with Crippen LogP contribution in [0.4, 0.5) is 5.69 Å². The minimum absolute atomic E-state index is 0.0197. The van der Waals surface area contributed by atoms with Crippen LogP contribution in [-0.2, 0) is 9.59 Å². The number of para-hydroxylation sites is 1. The number of nitrogens with zero attached hydrogens (tertiary/aromatic N) is 1. The lowest BCUT2D eigenvalue weighted by atomic mass is 10.1. The molecular weight excluding hydrogens is 284 g/mol. The molecule has 1 atom stereocenters. The molecule has 1 aliphatic heterocycles.